The van der Waals surface area contributed by atoms with Gasteiger partial charge in [-0.05, 0) is 0 Å². The molecule has 5 heavy (non-hydrogen) atoms. The molecule has 0 aromatic rings. The third-order valence-electron chi connectivity index (χ3n) is 0. The number of hydrogen-bond acceptors (Lipinski definition) is 0. The van der Waals surface area contributed by atoms with Gasteiger partial charge in [0, 0.05) is 6.15 Å². The molecule has 29 valence electrons. The average Bonchev–Trinajstić information content (AvgIpc) is 0. The van der Waals surface area contributed by atoms with Crippen molar-refractivity contribution in [2.45, 2.75) is 0 Å². The molecule has 0 fully saturated rings. The van der Waals surface area contributed by atoms with Crippen LogP contribution in [0, 0.1) is 0 Å². The normalized spacial score (nSPS) is 0. The molecule has 0 aromatic carbocycles. The van der Waals surface area contributed by atoms with Crippen molar-refractivity contribution >= 4 is 19.8 Å². The van der Waals surface area contributed by atoms with Gasteiger partial charge >= 0.3 is 19.8 Å². The second-order valence-electron chi connectivity index (χ2n) is 0. The predicted molar refractivity (Wildman–Crippen MR) is 7.89 cm³/mol. The molecule has 0 aromatic heterocycles. The average molecular weight is 323 g/mol. The summed E-state index contributed by atoms with van der Waals surface area (Å²) in [6.45, 7) is 0. The van der Waals surface area contributed by atoms with E-state index in [9.17, 15) is 0 Å². The van der Waals surface area contributed by atoms with Gasteiger partial charge < -0.3 is 50.9 Å². The number of rotatable bonds is 0. The van der Waals surface area contributed by atoms with Crippen LogP contribution >= 0.6 is 0 Å². The van der Waals surface area contributed by atoms with Gasteiger partial charge in [0.25, 0.3) is 0 Å². The minimum absolute atomic E-state index is 0. The molecule has 0 aliphatic rings. The van der Waals surface area contributed by atoms with Crippen LogP contribution in [0.15, 0.2) is 0 Å². The van der Waals surface area contributed by atoms with Crippen LogP contribution in [0.1, 0.15) is 0 Å². The molecule has 0 heterocycles. The topological polar surface area (TPSA) is 30.5 Å². The SMILES string of the molecule is [Br-].[Br-].[Br-].[Ga+3].[N]. The number of nitrogens with zero attached hydrogens (tertiary/aromatic N) is 1. The summed E-state index contributed by atoms with van der Waals surface area (Å²) in [5, 5.41) is 0. The first-order valence-corrected chi connectivity index (χ1v) is 0. The van der Waals surface area contributed by atoms with Crippen LogP contribution in [-0.4, -0.2) is 19.8 Å². The van der Waals surface area contributed by atoms with Crippen molar-refractivity contribution in [2.24, 2.45) is 0 Å². The maximum Gasteiger partial charge on any atom is 3.00 e. The van der Waals surface area contributed by atoms with Gasteiger partial charge in [-0.15, -0.1) is 0 Å². The Balaban J connectivity index is 0. The summed E-state index contributed by atoms with van der Waals surface area (Å²) in [4.78, 5) is 0. The minimum atomic E-state index is 0. The molecule has 1 nitrogen and oxygen atoms in total. The van der Waals surface area contributed by atoms with E-state index in [0.717, 1.165) is 0 Å². The van der Waals surface area contributed by atoms with Crippen molar-refractivity contribution in [3.8, 4) is 0 Å². The second-order valence-corrected chi connectivity index (χ2v) is 0. The summed E-state index contributed by atoms with van der Waals surface area (Å²) in [7, 11) is 0. The van der Waals surface area contributed by atoms with Crippen molar-refractivity contribution in [2.75, 3.05) is 0 Å². The van der Waals surface area contributed by atoms with E-state index >= 15 is 0 Å². The Kier molecular flexibility index (Phi) is 457. The summed E-state index contributed by atoms with van der Waals surface area (Å²) in [5.41, 5.74) is 0. The molecule has 0 atom stereocenters. The summed E-state index contributed by atoms with van der Waals surface area (Å²) in [6, 6.07) is 0. The Bertz CT molecular complexity index is 6.85. The first-order chi connectivity index (χ1) is 0. The summed E-state index contributed by atoms with van der Waals surface area (Å²) in [5.74, 6) is 0. The van der Waals surface area contributed by atoms with Gasteiger partial charge in [0.05, 0.1) is 0 Å². The molecule has 0 spiro atoms. The van der Waals surface area contributed by atoms with Crippen LogP contribution < -0.4 is 57.1 Å². The fourth-order valence-electron chi connectivity index (χ4n) is 0. The molecule has 0 bridgehead atoms. The van der Waals surface area contributed by atoms with Crippen molar-refractivity contribution in [3.63, 3.8) is 0 Å². The zero-order chi connectivity index (χ0) is 0. The Morgan fingerprint density at radius 1 is 0.600 bits per heavy atom. The Labute approximate surface area is 76.2 Å². The van der Waals surface area contributed by atoms with E-state index < -0.39 is 0 Å². The predicted octanol–water partition coefficient (Wildman–Crippen LogP) is -9.85. The zero-order valence-corrected chi connectivity index (χ0v) is 9.34. The number of halogens is 3. The van der Waals surface area contributed by atoms with Crippen LogP contribution in [0.5, 0.6) is 0 Å². The molecular weight excluding hydrogens is 323 g/mol. The Hall–Kier alpha value is 2.04. The first-order valence-electron chi connectivity index (χ1n) is 0. The van der Waals surface area contributed by atoms with E-state index in [1.54, 1.807) is 0 Å². The Morgan fingerprint density at radius 2 is 0.600 bits per heavy atom. The largest absolute Gasteiger partial charge is 3.00 e. The summed E-state index contributed by atoms with van der Waals surface area (Å²) >= 11 is 0. The van der Waals surface area contributed by atoms with Crippen molar-refractivity contribution in [1.29, 1.82) is 0 Å². The van der Waals surface area contributed by atoms with Gasteiger partial charge in [0.1, 0.15) is 0 Å². The van der Waals surface area contributed by atoms with Gasteiger partial charge in [-0.1, -0.05) is 0 Å². The van der Waals surface area contributed by atoms with Crippen LogP contribution in [0.2, 0.25) is 0 Å². The number of hydrogen-bond donors (Lipinski definition) is 0. The van der Waals surface area contributed by atoms with E-state index in [4.69, 9.17) is 0 Å². The zero-order valence-electron chi connectivity index (χ0n) is 2.16. The summed E-state index contributed by atoms with van der Waals surface area (Å²) < 4.78 is 0. The summed E-state index contributed by atoms with van der Waals surface area (Å²) in [6.07, 6.45) is 0. The van der Waals surface area contributed by atoms with Gasteiger partial charge in [-0.25, -0.2) is 0 Å². The van der Waals surface area contributed by atoms with E-state index in [1.807, 2.05) is 0 Å². The maximum absolute atomic E-state index is 0. The van der Waals surface area contributed by atoms with E-state index in [2.05, 4.69) is 0 Å². The third kappa shape index (κ3) is 23.7. The Morgan fingerprint density at radius 3 is 0.600 bits per heavy atom. The maximum atomic E-state index is 0. The quantitative estimate of drug-likeness (QED) is 0.397. The standard InChI is InChI=1S/3BrH.Ga.N/h3*1H;;/q;;;+3;/p-3. The monoisotopic (exact) mass is 320 g/mol. The molecule has 0 saturated carbocycles. The molecule has 0 unspecified atom stereocenters. The van der Waals surface area contributed by atoms with Gasteiger partial charge in [-0.2, -0.15) is 0 Å². The molecule has 0 saturated heterocycles. The van der Waals surface area contributed by atoms with Crippen LogP contribution in [0.4, 0.5) is 0 Å². The van der Waals surface area contributed by atoms with Crippen LogP contribution in [0.3, 0.4) is 0 Å². The molecule has 0 aliphatic heterocycles. The van der Waals surface area contributed by atoms with Gasteiger partial charge in [-0.3, -0.25) is 0 Å². The molecule has 0 aliphatic carbocycles. The van der Waals surface area contributed by atoms with Gasteiger partial charge in [0.15, 0.2) is 0 Å². The van der Waals surface area contributed by atoms with Crippen molar-refractivity contribution in [3.05, 3.63) is 0 Å². The molecule has 0 N–H and O–H groups in total. The van der Waals surface area contributed by atoms with Gasteiger partial charge in [0.2, 0.25) is 0 Å². The first kappa shape index (κ1) is 61.8. The van der Waals surface area contributed by atoms with E-state index in [0.29, 0.717) is 0 Å². The molecule has 0 amide bonds. The molecular formula is Br3GaN. The van der Waals surface area contributed by atoms with Crippen molar-refractivity contribution in [1.82, 2.24) is 6.15 Å². The molecule has 3 radical (unpaired) electrons. The van der Waals surface area contributed by atoms with Crippen LogP contribution in [0.25, 0.3) is 0 Å². The second kappa shape index (κ2) is 36.9. The van der Waals surface area contributed by atoms with Crippen molar-refractivity contribution < 1.29 is 50.9 Å². The molecule has 0 rings (SSSR count). The smallest absolute Gasteiger partial charge is 1.00 e. The van der Waals surface area contributed by atoms with E-state index in [-0.39, 0.29) is 76.9 Å². The fraction of sp³-hybridized carbons (Fsp3) is 0. The third-order valence-corrected chi connectivity index (χ3v) is 0. The minimum Gasteiger partial charge on any atom is -1.00 e. The molecule has 5 heteroatoms. The van der Waals surface area contributed by atoms with E-state index in [1.165, 1.54) is 0 Å². The fourth-order valence-corrected chi connectivity index (χ4v) is 0. The van der Waals surface area contributed by atoms with Crippen LogP contribution in [-0.2, 0) is 0 Å².